The van der Waals surface area contributed by atoms with Crippen molar-refractivity contribution in [2.75, 3.05) is 6.54 Å². The van der Waals surface area contributed by atoms with Crippen LogP contribution in [0.2, 0.25) is 0 Å². The van der Waals surface area contributed by atoms with Gasteiger partial charge < -0.3 is 0 Å². The van der Waals surface area contributed by atoms with Crippen LogP contribution in [0.4, 0.5) is 0 Å². The summed E-state index contributed by atoms with van der Waals surface area (Å²) < 4.78 is 0. The molecule has 0 spiro atoms. The zero-order valence-electron chi connectivity index (χ0n) is 14.1. The molecule has 4 heteroatoms. The molecule has 0 saturated heterocycles. The third-order valence-electron chi connectivity index (χ3n) is 4.59. The topological polar surface area (TPSA) is 41.9 Å². The van der Waals surface area contributed by atoms with Gasteiger partial charge in [-0.2, -0.15) is 0 Å². The van der Waals surface area contributed by atoms with Crippen LogP contribution in [0.5, 0.6) is 0 Å². The van der Waals surface area contributed by atoms with Gasteiger partial charge in [-0.1, -0.05) is 25.1 Å². The Kier molecular flexibility index (Phi) is 4.22. The minimum atomic E-state index is 0.925. The molecule has 4 rings (SSSR count). The van der Waals surface area contributed by atoms with Crippen LogP contribution in [-0.2, 0) is 25.9 Å². The molecular weight excluding hydrogens is 296 g/mol. The van der Waals surface area contributed by atoms with Crippen molar-refractivity contribution in [2.24, 2.45) is 0 Å². The summed E-state index contributed by atoms with van der Waals surface area (Å²) >= 11 is 0. The lowest BCUT2D eigenvalue weighted by Gasteiger charge is -2.28. The molecule has 0 radical (unpaired) electrons. The normalized spacial score (nSPS) is 14.7. The van der Waals surface area contributed by atoms with E-state index in [1.54, 1.807) is 0 Å². The maximum Gasteiger partial charge on any atom is 0.128 e. The van der Waals surface area contributed by atoms with E-state index in [0.717, 1.165) is 50.2 Å². The summed E-state index contributed by atoms with van der Waals surface area (Å²) in [5.74, 6) is 0.989. The SMILES string of the molecule is CCCc1ncc2c(n1)CCN(Cc1cnc3ccccc3c1)C2. The van der Waals surface area contributed by atoms with Crippen molar-refractivity contribution in [2.45, 2.75) is 39.3 Å². The number of rotatable bonds is 4. The molecule has 1 aromatic carbocycles. The second-order valence-electron chi connectivity index (χ2n) is 6.51. The molecule has 0 atom stereocenters. The van der Waals surface area contributed by atoms with E-state index < -0.39 is 0 Å². The van der Waals surface area contributed by atoms with Gasteiger partial charge in [-0.15, -0.1) is 0 Å². The van der Waals surface area contributed by atoms with Gasteiger partial charge in [0.15, 0.2) is 0 Å². The van der Waals surface area contributed by atoms with E-state index in [-0.39, 0.29) is 0 Å². The van der Waals surface area contributed by atoms with E-state index in [2.05, 4.69) is 46.1 Å². The minimum absolute atomic E-state index is 0.925. The molecule has 0 bridgehead atoms. The molecule has 0 unspecified atom stereocenters. The highest BCUT2D eigenvalue weighted by Gasteiger charge is 2.18. The van der Waals surface area contributed by atoms with Gasteiger partial charge >= 0.3 is 0 Å². The first-order chi connectivity index (χ1) is 11.8. The standard InChI is InChI=1S/C20H22N4/c1-2-5-20-22-12-17-14-24(9-8-19(17)23-20)13-15-10-16-6-3-4-7-18(16)21-11-15/h3-4,6-7,10-12H,2,5,8-9,13-14H2,1H3. The van der Waals surface area contributed by atoms with E-state index in [1.165, 1.54) is 22.2 Å². The number of fused-ring (bicyclic) bond motifs is 2. The van der Waals surface area contributed by atoms with Crippen molar-refractivity contribution in [3.8, 4) is 0 Å². The Bertz CT molecular complexity index is 859. The molecule has 122 valence electrons. The van der Waals surface area contributed by atoms with Crippen molar-refractivity contribution in [1.29, 1.82) is 0 Å². The molecule has 4 nitrogen and oxygen atoms in total. The second kappa shape index (κ2) is 6.65. The predicted octanol–water partition coefficient (Wildman–Crippen LogP) is 3.54. The summed E-state index contributed by atoms with van der Waals surface area (Å²) in [6.45, 7) is 5.06. The highest BCUT2D eigenvalue weighted by molar-refractivity contribution is 5.78. The Morgan fingerprint density at radius 3 is 2.96 bits per heavy atom. The second-order valence-corrected chi connectivity index (χ2v) is 6.51. The van der Waals surface area contributed by atoms with E-state index in [0.29, 0.717) is 0 Å². The van der Waals surface area contributed by atoms with Crippen LogP contribution in [0.1, 0.15) is 36.0 Å². The number of para-hydroxylation sites is 1. The van der Waals surface area contributed by atoms with Crippen LogP contribution in [-0.4, -0.2) is 26.4 Å². The van der Waals surface area contributed by atoms with Crippen molar-refractivity contribution in [3.63, 3.8) is 0 Å². The number of pyridine rings is 1. The number of aromatic nitrogens is 3. The lowest BCUT2D eigenvalue weighted by Crippen LogP contribution is -2.31. The highest BCUT2D eigenvalue weighted by atomic mass is 15.1. The zero-order chi connectivity index (χ0) is 16.4. The Morgan fingerprint density at radius 1 is 1.12 bits per heavy atom. The van der Waals surface area contributed by atoms with Gasteiger partial charge in [0.2, 0.25) is 0 Å². The van der Waals surface area contributed by atoms with E-state index in [4.69, 9.17) is 4.98 Å². The van der Waals surface area contributed by atoms with Crippen LogP contribution in [0, 0.1) is 0 Å². The molecule has 0 N–H and O–H groups in total. The summed E-state index contributed by atoms with van der Waals surface area (Å²) in [4.78, 5) is 16.3. The monoisotopic (exact) mass is 318 g/mol. The average Bonchev–Trinajstić information content (AvgIpc) is 2.62. The molecule has 1 aliphatic rings. The zero-order valence-corrected chi connectivity index (χ0v) is 14.1. The first-order valence-electron chi connectivity index (χ1n) is 8.71. The van der Waals surface area contributed by atoms with Crippen LogP contribution >= 0.6 is 0 Å². The summed E-state index contributed by atoms with van der Waals surface area (Å²) in [5, 5.41) is 1.21. The van der Waals surface area contributed by atoms with Gasteiger partial charge in [-0.05, 0) is 24.1 Å². The first kappa shape index (κ1) is 15.2. The summed E-state index contributed by atoms with van der Waals surface area (Å²) in [7, 11) is 0. The highest BCUT2D eigenvalue weighted by Crippen LogP contribution is 2.20. The van der Waals surface area contributed by atoms with Crippen molar-refractivity contribution in [3.05, 3.63) is 65.4 Å². The van der Waals surface area contributed by atoms with Crippen molar-refractivity contribution in [1.82, 2.24) is 19.9 Å². The van der Waals surface area contributed by atoms with Gasteiger partial charge in [0.25, 0.3) is 0 Å². The molecule has 1 aliphatic heterocycles. The quantitative estimate of drug-likeness (QED) is 0.738. The third-order valence-corrected chi connectivity index (χ3v) is 4.59. The number of nitrogens with zero attached hydrogens (tertiary/aromatic N) is 4. The number of hydrogen-bond acceptors (Lipinski definition) is 4. The lowest BCUT2D eigenvalue weighted by atomic mass is 10.1. The Hall–Kier alpha value is -2.33. The van der Waals surface area contributed by atoms with Crippen LogP contribution in [0.3, 0.4) is 0 Å². The number of benzene rings is 1. The van der Waals surface area contributed by atoms with Crippen LogP contribution in [0.25, 0.3) is 10.9 Å². The molecule has 24 heavy (non-hydrogen) atoms. The number of hydrogen-bond donors (Lipinski definition) is 0. The fourth-order valence-corrected chi connectivity index (χ4v) is 3.36. The van der Waals surface area contributed by atoms with Gasteiger partial charge in [0, 0.05) is 61.5 Å². The Morgan fingerprint density at radius 2 is 2.04 bits per heavy atom. The fraction of sp³-hybridized carbons (Fsp3) is 0.350. The number of aryl methyl sites for hydroxylation is 1. The Labute approximate surface area is 142 Å². The first-order valence-corrected chi connectivity index (χ1v) is 8.71. The molecule has 0 saturated carbocycles. The molecule has 0 aliphatic carbocycles. The third kappa shape index (κ3) is 3.15. The molecule has 0 fully saturated rings. The molecule has 3 heterocycles. The summed E-state index contributed by atoms with van der Waals surface area (Å²) in [5.41, 5.74) is 4.83. The van der Waals surface area contributed by atoms with E-state index in [9.17, 15) is 0 Å². The van der Waals surface area contributed by atoms with Gasteiger partial charge in [-0.3, -0.25) is 9.88 Å². The molecular formula is C20H22N4. The van der Waals surface area contributed by atoms with Crippen molar-refractivity contribution < 1.29 is 0 Å². The van der Waals surface area contributed by atoms with Crippen molar-refractivity contribution >= 4 is 10.9 Å². The van der Waals surface area contributed by atoms with E-state index >= 15 is 0 Å². The Balaban J connectivity index is 1.49. The maximum atomic E-state index is 4.74. The molecule has 0 amide bonds. The summed E-state index contributed by atoms with van der Waals surface area (Å²) in [6.07, 6.45) is 7.10. The summed E-state index contributed by atoms with van der Waals surface area (Å²) in [6, 6.07) is 10.5. The lowest BCUT2D eigenvalue weighted by molar-refractivity contribution is 0.242. The smallest absolute Gasteiger partial charge is 0.128 e. The maximum absolute atomic E-state index is 4.74. The van der Waals surface area contributed by atoms with Crippen LogP contribution in [0.15, 0.2) is 42.7 Å². The van der Waals surface area contributed by atoms with Gasteiger partial charge in [0.1, 0.15) is 5.82 Å². The fourth-order valence-electron chi connectivity index (χ4n) is 3.36. The largest absolute Gasteiger partial charge is 0.294 e. The predicted molar refractivity (Wildman–Crippen MR) is 95.6 cm³/mol. The van der Waals surface area contributed by atoms with E-state index in [1.807, 2.05) is 18.5 Å². The minimum Gasteiger partial charge on any atom is -0.294 e. The average molecular weight is 318 g/mol. The molecule has 2 aromatic heterocycles. The van der Waals surface area contributed by atoms with Gasteiger partial charge in [0.05, 0.1) is 5.52 Å². The van der Waals surface area contributed by atoms with Gasteiger partial charge in [-0.25, -0.2) is 9.97 Å². The molecule has 3 aromatic rings. The van der Waals surface area contributed by atoms with Crippen LogP contribution < -0.4 is 0 Å².